The zero-order valence-electron chi connectivity index (χ0n) is 13.6. The number of alkyl halides is 2. The monoisotopic (exact) mass is 359 g/mol. The predicted molar refractivity (Wildman–Crippen MR) is 88.8 cm³/mol. The first-order valence-corrected chi connectivity index (χ1v) is 8.08. The molecule has 0 unspecified atom stereocenters. The number of aromatic nitrogens is 5. The van der Waals surface area contributed by atoms with Gasteiger partial charge in [-0.3, -0.25) is 9.20 Å². The number of amides is 1. The molecule has 0 radical (unpaired) electrons. The summed E-state index contributed by atoms with van der Waals surface area (Å²) in [6.45, 7) is 1.72. The van der Waals surface area contributed by atoms with Crippen LogP contribution in [0, 0.1) is 0 Å². The topological polar surface area (TPSA) is 88.3 Å². The standard InChI is InChI=1S/C16H15F2N7O/c17-15(18)10-9-25-11(7-22-13(25)8-21-10)16-20-3-1-12(23-16)24-5-2-14(26)19-4-6-24/h1,3,7-9,15H,2,4-6H2,(H,19,26). The van der Waals surface area contributed by atoms with Crippen LogP contribution < -0.4 is 10.2 Å². The van der Waals surface area contributed by atoms with E-state index in [0.717, 1.165) is 0 Å². The molecule has 4 heterocycles. The first-order chi connectivity index (χ1) is 12.6. The Morgan fingerprint density at radius 3 is 2.88 bits per heavy atom. The number of carbonyl (C=O) groups is 1. The van der Waals surface area contributed by atoms with E-state index in [9.17, 15) is 13.6 Å². The second kappa shape index (κ2) is 6.62. The third kappa shape index (κ3) is 3.05. The first kappa shape index (κ1) is 16.3. The Hall–Kier alpha value is -3.17. The van der Waals surface area contributed by atoms with Gasteiger partial charge in [-0.05, 0) is 6.07 Å². The Labute approximate surface area is 146 Å². The van der Waals surface area contributed by atoms with Crippen LogP contribution >= 0.6 is 0 Å². The molecule has 1 saturated heterocycles. The summed E-state index contributed by atoms with van der Waals surface area (Å²) >= 11 is 0. The molecule has 10 heteroatoms. The van der Waals surface area contributed by atoms with Gasteiger partial charge in [-0.25, -0.2) is 28.7 Å². The number of hydrogen-bond donors (Lipinski definition) is 1. The van der Waals surface area contributed by atoms with Gasteiger partial charge < -0.3 is 10.2 Å². The van der Waals surface area contributed by atoms with Crippen LogP contribution in [0.2, 0.25) is 0 Å². The molecule has 3 aromatic rings. The molecule has 0 spiro atoms. The lowest BCUT2D eigenvalue weighted by Crippen LogP contribution is -2.29. The maximum atomic E-state index is 12.9. The number of imidazole rings is 1. The lowest BCUT2D eigenvalue weighted by atomic mass is 10.3. The summed E-state index contributed by atoms with van der Waals surface area (Å²) in [4.78, 5) is 30.1. The molecule has 134 valence electrons. The minimum absolute atomic E-state index is 0.00981. The van der Waals surface area contributed by atoms with Gasteiger partial charge in [0, 0.05) is 38.4 Å². The van der Waals surface area contributed by atoms with Crippen LogP contribution in [0.25, 0.3) is 17.2 Å². The van der Waals surface area contributed by atoms with Crippen LogP contribution in [0.4, 0.5) is 14.6 Å². The summed E-state index contributed by atoms with van der Waals surface area (Å²) in [5.41, 5.74) is 0.586. The first-order valence-electron chi connectivity index (χ1n) is 8.08. The molecule has 1 aliphatic heterocycles. The molecule has 26 heavy (non-hydrogen) atoms. The van der Waals surface area contributed by atoms with Crippen molar-refractivity contribution in [2.45, 2.75) is 12.8 Å². The zero-order valence-corrected chi connectivity index (χ0v) is 13.6. The number of hydrogen-bond acceptors (Lipinski definition) is 6. The minimum Gasteiger partial charge on any atom is -0.354 e. The third-order valence-corrected chi connectivity index (χ3v) is 4.15. The molecule has 4 rings (SSSR count). The van der Waals surface area contributed by atoms with Gasteiger partial charge in [0.1, 0.15) is 17.2 Å². The van der Waals surface area contributed by atoms with E-state index in [-0.39, 0.29) is 11.6 Å². The fourth-order valence-electron chi connectivity index (χ4n) is 2.83. The Bertz CT molecular complexity index is 959. The van der Waals surface area contributed by atoms with Crippen molar-refractivity contribution < 1.29 is 13.6 Å². The van der Waals surface area contributed by atoms with Gasteiger partial charge in [-0.15, -0.1) is 0 Å². The quantitative estimate of drug-likeness (QED) is 0.762. The van der Waals surface area contributed by atoms with Crippen molar-refractivity contribution in [1.29, 1.82) is 0 Å². The molecule has 0 bridgehead atoms. The highest BCUT2D eigenvalue weighted by Crippen LogP contribution is 2.22. The van der Waals surface area contributed by atoms with Gasteiger partial charge in [0.2, 0.25) is 5.91 Å². The lowest BCUT2D eigenvalue weighted by Gasteiger charge is -2.20. The lowest BCUT2D eigenvalue weighted by molar-refractivity contribution is -0.120. The van der Waals surface area contributed by atoms with Crippen molar-refractivity contribution in [2.75, 3.05) is 24.5 Å². The summed E-state index contributed by atoms with van der Waals surface area (Å²) in [6.07, 6.45) is 3.38. The molecule has 0 saturated carbocycles. The predicted octanol–water partition coefficient (Wildman–Crippen LogP) is 1.45. The smallest absolute Gasteiger partial charge is 0.281 e. The Morgan fingerprint density at radius 1 is 1.15 bits per heavy atom. The van der Waals surface area contributed by atoms with E-state index in [2.05, 4.69) is 25.3 Å². The van der Waals surface area contributed by atoms with Crippen molar-refractivity contribution in [2.24, 2.45) is 0 Å². The highest BCUT2D eigenvalue weighted by Gasteiger charge is 2.18. The fourth-order valence-corrected chi connectivity index (χ4v) is 2.83. The average molecular weight is 359 g/mol. The third-order valence-electron chi connectivity index (χ3n) is 4.15. The SMILES string of the molecule is O=C1CCN(c2ccnc(-c3cnc4cnc(C(F)F)cn34)n2)CCN1. The number of halogens is 2. The normalized spacial score (nSPS) is 15.3. The largest absolute Gasteiger partial charge is 0.354 e. The van der Waals surface area contributed by atoms with Crippen LogP contribution in [0.15, 0.2) is 30.9 Å². The van der Waals surface area contributed by atoms with Gasteiger partial charge in [-0.2, -0.15) is 0 Å². The average Bonchev–Trinajstić information content (AvgIpc) is 2.95. The van der Waals surface area contributed by atoms with Crippen molar-refractivity contribution in [1.82, 2.24) is 29.7 Å². The van der Waals surface area contributed by atoms with Gasteiger partial charge in [0.05, 0.1) is 12.4 Å². The van der Waals surface area contributed by atoms with E-state index in [1.165, 1.54) is 23.0 Å². The Balaban J connectivity index is 1.71. The summed E-state index contributed by atoms with van der Waals surface area (Å²) in [5, 5.41) is 2.81. The van der Waals surface area contributed by atoms with Gasteiger partial charge in [0.15, 0.2) is 11.5 Å². The van der Waals surface area contributed by atoms with Gasteiger partial charge >= 0.3 is 0 Å². The maximum Gasteiger partial charge on any atom is 0.281 e. The Kier molecular flexibility index (Phi) is 4.15. The van der Waals surface area contributed by atoms with Crippen LogP contribution in [-0.2, 0) is 4.79 Å². The zero-order chi connectivity index (χ0) is 18.1. The number of fused-ring (bicyclic) bond motifs is 1. The van der Waals surface area contributed by atoms with Crippen LogP contribution in [0.1, 0.15) is 18.5 Å². The van der Waals surface area contributed by atoms with Crippen molar-refractivity contribution in [3.63, 3.8) is 0 Å². The second-order valence-corrected chi connectivity index (χ2v) is 5.81. The molecular weight excluding hydrogens is 344 g/mol. The minimum atomic E-state index is -2.68. The number of anilines is 1. The van der Waals surface area contributed by atoms with E-state index in [4.69, 9.17) is 0 Å². The molecule has 1 fully saturated rings. The van der Waals surface area contributed by atoms with E-state index in [0.29, 0.717) is 49.0 Å². The number of nitrogens with one attached hydrogen (secondary N) is 1. The number of carbonyl (C=O) groups excluding carboxylic acids is 1. The molecule has 0 aliphatic carbocycles. The molecule has 0 aromatic carbocycles. The number of rotatable bonds is 3. The molecule has 0 atom stereocenters. The van der Waals surface area contributed by atoms with Crippen molar-refractivity contribution >= 4 is 17.4 Å². The van der Waals surface area contributed by atoms with Crippen LogP contribution in [0.5, 0.6) is 0 Å². The van der Waals surface area contributed by atoms with Crippen molar-refractivity contribution in [3.8, 4) is 11.5 Å². The molecule has 1 aliphatic rings. The summed E-state index contributed by atoms with van der Waals surface area (Å²) in [7, 11) is 0. The fraction of sp³-hybridized carbons (Fsp3) is 0.312. The summed E-state index contributed by atoms with van der Waals surface area (Å²) in [5.74, 6) is 1.05. The van der Waals surface area contributed by atoms with Crippen molar-refractivity contribution in [3.05, 3.63) is 36.5 Å². The van der Waals surface area contributed by atoms with E-state index >= 15 is 0 Å². The van der Waals surface area contributed by atoms with E-state index < -0.39 is 6.43 Å². The molecular formula is C16H15F2N7O. The second-order valence-electron chi connectivity index (χ2n) is 5.81. The molecule has 3 aromatic heterocycles. The number of nitrogens with zero attached hydrogens (tertiary/aromatic N) is 6. The summed E-state index contributed by atoms with van der Waals surface area (Å²) < 4.78 is 27.4. The van der Waals surface area contributed by atoms with Gasteiger partial charge in [-0.1, -0.05) is 0 Å². The van der Waals surface area contributed by atoms with Gasteiger partial charge in [0.25, 0.3) is 6.43 Å². The Morgan fingerprint density at radius 2 is 2.04 bits per heavy atom. The molecule has 1 amide bonds. The molecule has 1 N–H and O–H groups in total. The maximum absolute atomic E-state index is 12.9. The highest BCUT2D eigenvalue weighted by atomic mass is 19.3. The highest BCUT2D eigenvalue weighted by molar-refractivity contribution is 5.77. The summed E-state index contributed by atoms with van der Waals surface area (Å²) in [6, 6.07) is 1.76. The van der Waals surface area contributed by atoms with Crippen LogP contribution in [0.3, 0.4) is 0 Å². The molecule has 8 nitrogen and oxygen atoms in total. The van der Waals surface area contributed by atoms with Crippen LogP contribution in [-0.4, -0.2) is 49.9 Å². The van der Waals surface area contributed by atoms with E-state index in [1.807, 2.05) is 4.90 Å². The van der Waals surface area contributed by atoms with E-state index in [1.54, 1.807) is 12.3 Å².